The van der Waals surface area contributed by atoms with E-state index >= 15 is 0 Å². The Labute approximate surface area is 124 Å². The fraction of sp³-hybridized carbons (Fsp3) is 0.500. The number of hydrogen-bond acceptors (Lipinski definition) is 1. The number of rotatable bonds is 2. The van der Waals surface area contributed by atoms with Crippen molar-refractivity contribution in [2.24, 2.45) is 0 Å². The summed E-state index contributed by atoms with van der Waals surface area (Å²) in [6.07, 6.45) is 0. The van der Waals surface area contributed by atoms with Gasteiger partial charge in [0.1, 0.15) is 19.6 Å². The van der Waals surface area contributed by atoms with E-state index in [1.165, 1.54) is 39.6 Å². The van der Waals surface area contributed by atoms with Crippen molar-refractivity contribution in [1.82, 2.24) is 5.32 Å². The molecular formula is C14H22N5S+3. The Bertz CT molecular complexity index is 482. The lowest BCUT2D eigenvalue weighted by Crippen LogP contribution is -3.56. The molecule has 4 aliphatic heterocycles. The lowest BCUT2D eigenvalue weighted by molar-refractivity contribution is -1.29. The highest BCUT2D eigenvalue weighted by Gasteiger charge is 2.57. The fourth-order valence-electron chi connectivity index (χ4n) is 4.30. The molecule has 0 aromatic heterocycles. The molecule has 0 aliphatic carbocycles. The fourth-order valence-corrected chi connectivity index (χ4v) is 4.64. The van der Waals surface area contributed by atoms with Crippen molar-refractivity contribution < 1.29 is 14.7 Å². The van der Waals surface area contributed by atoms with Gasteiger partial charge < -0.3 is 10.6 Å². The maximum atomic E-state index is 5.52. The van der Waals surface area contributed by atoms with Gasteiger partial charge >= 0.3 is 0 Å². The van der Waals surface area contributed by atoms with Gasteiger partial charge in [0.15, 0.2) is 10.7 Å². The summed E-state index contributed by atoms with van der Waals surface area (Å²) in [5, 5.41) is 7.70. The molecule has 20 heavy (non-hydrogen) atoms. The van der Waals surface area contributed by atoms with Crippen LogP contribution in [-0.2, 0) is 0 Å². The van der Waals surface area contributed by atoms with Gasteiger partial charge in [0, 0.05) is 5.69 Å². The number of benzene rings is 1. The van der Waals surface area contributed by atoms with E-state index in [2.05, 4.69) is 10.6 Å². The van der Waals surface area contributed by atoms with Gasteiger partial charge in [-0.2, -0.15) is 0 Å². The molecule has 0 unspecified atom stereocenters. The number of para-hydroxylation sites is 1. The Morgan fingerprint density at radius 1 is 0.950 bits per heavy atom. The summed E-state index contributed by atoms with van der Waals surface area (Å²) in [5.74, 6) is 0. The summed E-state index contributed by atoms with van der Waals surface area (Å²) >= 11 is 5.52. The first kappa shape index (κ1) is 12.5. The Morgan fingerprint density at radius 2 is 1.50 bits per heavy atom. The third-order valence-electron chi connectivity index (χ3n) is 4.68. The van der Waals surface area contributed by atoms with Crippen molar-refractivity contribution in [2.45, 2.75) is 5.54 Å². The van der Waals surface area contributed by atoms with Crippen LogP contribution in [0.1, 0.15) is 0 Å². The van der Waals surface area contributed by atoms with Gasteiger partial charge in [-0.25, -0.2) is 14.7 Å². The molecule has 4 aliphatic rings. The molecule has 0 atom stereocenters. The van der Waals surface area contributed by atoms with Crippen LogP contribution < -0.4 is 25.3 Å². The molecule has 4 fully saturated rings. The summed E-state index contributed by atoms with van der Waals surface area (Å²) in [5.41, 5.74) is 1.25. The number of thiocarbonyl (C=S) groups is 1. The van der Waals surface area contributed by atoms with Crippen LogP contribution in [0.3, 0.4) is 0 Å². The van der Waals surface area contributed by atoms with Gasteiger partial charge in [-0.15, -0.1) is 0 Å². The zero-order valence-corrected chi connectivity index (χ0v) is 12.4. The second kappa shape index (κ2) is 4.66. The molecule has 4 heterocycles. The van der Waals surface area contributed by atoms with Crippen molar-refractivity contribution in [2.75, 3.05) is 45.0 Å². The van der Waals surface area contributed by atoms with Crippen LogP contribution in [0.5, 0.6) is 0 Å². The zero-order valence-electron chi connectivity index (χ0n) is 11.5. The van der Waals surface area contributed by atoms with Crippen LogP contribution in [0.25, 0.3) is 0 Å². The first-order valence-electron chi connectivity index (χ1n) is 7.36. The standard InChI is InChI=1S/C14H19N5S/c20-13(15-12-4-2-1-3-5-12)16-14-6-17-9-18(7-14)11-19(8-14)10-17/h1-5H,6-11H2,(H2,15,16,20)/p+3. The van der Waals surface area contributed by atoms with Gasteiger partial charge in [-0.05, 0) is 24.4 Å². The molecule has 0 spiro atoms. The molecule has 6 heteroatoms. The highest BCUT2D eigenvalue weighted by Crippen LogP contribution is 2.07. The molecular weight excluding hydrogens is 270 g/mol. The minimum absolute atomic E-state index is 0.188. The number of hydrogen-bond donors (Lipinski definition) is 5. The lowest BCUT2D eigenvalue weighted by Gasteiger charge is -2.52. The second-order valence-electron chi connectivity index (χ2n) is 6.54. The third kappa shape index (κ3) is 2.29. The van der Waals surface area contributed by atoms with Crippen LogP contribution in [0.15, 0.2) is 30.3 Å². The molecule has 4 saturated heterocycles. The van der Waals surface area contributed by atoms with Gasteiger partial charge in [-0.1, -0.05) is 18.2 Å². The van der Waals surface area contributed by atoms with Crippen molar-refractivity contribution in [3.63, 3.8) is 0 Å². The molecule has 0 amide bonds. The van der Waals surface area contributed by atoms with Crippen LogP contribution in [-0.4, -0.2) is 50.3 Å². The highest BCUT2D eigenvalue weighted by molar-refractivity contribution is 7.80. The maximum absolute atomic E-state index is 5.52. The molecule has 106 valence electrons. The van der Waals surface area contributed by atoms with E-state index in [0.29, 0.717) is 0 Å². The predicted molar refractivity (Wildman–Crippen MR) is 80.6 cm³/mol. The van der Waals surface area contributed by atoms with Crippen molar-refractivity contribution in [1.29, 1.82) is 0 Å². The van der Waals surface area contributed by atoms with Gasteiger partial charge in [-0.3, -0.25) is 0 Å². The monoisotopic (exact) mass is 292 g/mol. The molecule has 1 aromatic carbocycles. The quantitative estimate of drug-likeness (QED) is 0.364. The number of anilines is 1. The Hall–Kier alpha value is -1.21. The van der Waals surface area contributed by atoms with E-state index in [0.717, 1.165) is 10.8 Å². The molecule has 5 nitrogen and oxygen atoms in total. The SMILES string of the molecule is S=C(Nc1ccccc1)NC12C[NH+]3C[NH+](C[NH+](C3)C1)C2. The van der Waals surface area contributed by atoms with Gasteiger partial charge in [0.2, 0.25) is 20.0 Å². The minimum atomic E-state index is 0.188. The van der Waals surface area contributed by atoms with E-state index < -0.39 is 0 Å². The normalized spacial score (nSPS) is 37.7. The number of nitrogens with one attached hydrogen (secondary N) is 5. The summed E-state index contributed by atoms with van der Waals surface area (Å²) in [6.45, 7) is 7.47. The Morgan fingerprint density at radius 3 is 2.05 bits per heavy atom. The van der Waals surface area contributed by atoms with E-state index in [1.54, 1.807) is 14.7 Å². The second-order valence-corrected chi connectivity index (χ2v) is 6.94. The summed E-state index contributed by atoms with van der Waals surface area (Å²) in [7, 11) is 0. The van der Waals surface area contributed by atoms with E-state index in [1.807, 2.05) is 30.3 Å². The molecule has 0 saturated carbocycles. The minimum Gasteiger partial charge on any atom is -0.342 e. The Kier molecular flexibility index (Phi) is 2.92. The third-order valence-corrected chi connectivity index (χ3v) is 4.88. The van der Waals surface area contributed by atoms with Crippen LogP contribution in [0.4, 0.5) is 5.69 Å². The molecule has 5 N–H and O–H groups in total. The average Bonchev–Trinajstić information content (AvgIpc) is 2.37. The van der Waals surface area contributed by atoms with E-state index in [9.17, 15) is 0 Å². The predicted octanol–water partition coefficient (Wildman–Crippen LogP) is -3.72. The van der Waals surface area contributed by atoms with Crippen LogP contribution >= 0.6 is 12.2 Å². The maximum Gasteiger partial charge on any atom is 0.213 e. The summed E-state index contributed by atoms with van der Waals surface area (Å²) < 4.78 is 0. The van der Waals surface area contributed by atoms with Crippen molar-refractivity contribution in [3.05, 3.63) is 30.3 Å². The van der Waals surface area contributed by atoms with E-state index in [-0.39, 0.29) is 5.54 Å². The summed E-state index contributed by atoms with van der Waals surface area (Å²) in [6, 6.07) is 10.2. The molecule has 0 radical (unpaired) electrons. The Balaban J connectivity index is 1.45. The lowest BCUT2D eigenvalue weighted by atomic mass is 9.91. The summed E-state index contributed by atoms with van der Waals surface area (Å²) in [4.78, 5) is 5.15. The topological polar surface area (TPSA) is 37.4 Å². The first-order chi connectivity index (χ1) is 9.71. The molecule has 5 rings (SSSR count). The largest absolute Gasteiger partial charge is 0.342 e. The van der Waals surface area contributed by atoms with Crippen LogP contribution in [0.2, 0.25) is 0 Å². The molecule has 1 aromatic rings. The highest BCUT2D eigenvalue weighted by atomic mass is 32.1. The van der Waals surface area contributed by atoms with Gasteiger partial charge in [0.05, 0.1) is 0 Å². The first-order valence-corrected chi connectivity index (χ1v) is 7.77. The van der Waals surface area contributed by atoms with Crippen molar-refractivity contribution >= 4 is 23.0 Å². The van der Waals surface area contributed by atoms with Gasteiger partial charge in [0.25, 0.3) is 0 Å². The smallest absolute Gasteiger partial charge is 0.213 e. The van der Waals surface area contributed by atoms with Crippen molar-refractivity contribution in [3.8, 4) is 0 Å². The average molecular weight is 292 g/mol. The molecule has 4 bridgehead atoms. The van der Waals surface area contributed by atoms with E-state index in [4.69, 9.17) is 12.2 Å². The number of quaternary nitrogens is 3. The zero-order chi connectivity index (χ0) is 13.6. The van der Waals surface area contributed by atoms with Crippen LogP contribution in [0, 0.1) is 0 Å².